The van der Waals surface area contributed by atoms with Crippen molar-refractivity contribution in [2.75, 3.05) is 0 Å². The zero-order valence-electron chi connectivity index (χ0n) is 9.56. The Morgan fingerprint density at radius 3 is 2.59 bits per heavy atom. The third-order valence-corrected chi connectivity index (χ3v) is 3.25. The molecule has 0 amide bonds. The number of pyridine rings is 1. The van der Waals surface area contributed by atoms with E-state index in [1.807, 2.05) is 0 Å². The van der Waals surface area contributed by atoms with Crippen LogP contribution in [0.3, 0.4) is 0 Å². The number of rotatable bonds is 3. The van der Waals surface area contributed by atoms with Crippen LogP contribution in [0.15, 0.2) is 18.3 Å². The van der Waals surface area contributed by atoms with Gasteiger partial charge in [-0.25, -0.2) is 9.78 Å². The zero-order chi connectivity index (χ0) is 12.3. The Labute approximate surface area is 99.7 Å². The molecule has 1 heterocycles. The normalized spacial score (nSPS) is 16.7. The fourth-order valence-corrected chi connectivity index (χ4v) is 2.36. The Morgan fingerprint density at radius 1 is 1.24 bits per heavy atom. The second-order valence-corrected chi connectivity index (χ2v) is 4.40. The van der Waals surface area contributed by atoms with Crippen LogP contribution in [-0.4, -0.2) is 21.8 Å². The third-order valence-electron chi connectivity index (χ3n) is 3.25. The van der Waals surface area contributed by atoms with Gasteiger partial charge in [0.25, 0.3) is 0 Å². The maximum absolute atomic E-state index is 12.2. The van der Waals surface area contributed by atoms with Crippen molar-refractivity contribution in [2.45, 2.75) is 32.1 Å². The highest BCUT2D eigenvalue weighted by molar-refractivity contribution is 6.05. The minimum atomic E-state index is -1.13. The lowest BCUT2D eigenvalue weighted by molar-refractivity contribution is 0.0682. The molecular formula is C13H15NO3. The van der Waals surface area contributed by atoms with E-state index in [4.69, 9.17) is 5.11 Å². The number of aromatic carboxylic acids is 1. The van der Waals surface area contributed by atoms with Crippen molar-refractivity contribution in [3.63, 3.8) is 0 Å². The van der Waals surface area contributed by atoms with E-state index in [1.165, 1.54) is 12.6 Å². The molecule has 1 N–H and O–H groups in total. The summed E-state index contributed by atoms with van der Waals surface area (Å²) >= 11 is 0. The molecule has 17 heavy (non-hydrogen) atoms. The van der Waals surface area contributed by atoms with Crippen LogP contribution in [0.25, 0.3) is 0 Å². The smallest absolute Gasteiger partial charge is 0.355 e. The molecule has 4 heteroatoms. The largest absolute Gasteiger partial charge is 0.476 e. The number of hydrogen-bond donors (Lipinski definition) is 1. The van der Waals surface area contributed by atoms with E-state index in [0.717, 1.165) is 25.7 Å². The Morgan fingerprint density at radius 2 is 1.94 bits per heavy atom. The van der Waals surface area contributed by atoms with Gasteiger partial charge in [-0.2, -0.15) is 0 Å². The van der Waals surface area contributed by atoms with Gasteiger partial charge >= 0.3 is 5.97 Å². The number of carbonyl (C=O) groups excluding carboxylic acids is 1. The number of Topliss-reactive ketones (excluding diaryl/α,β-unsaturated/α-hetero) is 1. The van der Waals surface area contributed by atoms with Crippen molar-refractivity contribution < 1.29 is 14.7 Å². The topological polar surface area (TPSA) is 67.3 Å². The summed E-state index contributed by atoms with van der Waals surface area (Å²) in [5.41, 5.74) is 0.134. The summed E-state index contributed by atoms with van der Waals surface area (Å²) in [6, 6.07) is 3.18. The zero-order valence-corrected chi connectivity index (χ0v) is 9.56. The van der Waals surface area contributed by atoms with Gasteiger partial charge < -0.3 is 5.11 Å². The molecule has 2 rings (SSSR count). The van der Waals surface area contributed by atoms with Gasteiger partial charge in [0.15, 0.2) is 11.5 Å². The molecule has 1 aromatic rings. The number of carbonyl (C=O) groups is 2. The molecule has 1 aliphatic rings. The van der Waals surface area contributed by atoms with Gasteiger partial charge in [0.2, 0.25) is 0 Å². The van der Waals surface area contributed by atoms with Crippen LogP contribution in [0.1, 0.15) is 53.0 Å². The van der Waals surface area contributed by atoms with Gasteiger partial charge in [-0.05, 0) is 25.0 Å². The Hall–Kier alpha value is -1.71. The summed E-state index contributed by atoms with van der Waals surface area (Å²) < 4.78 is 0. The van der Waals surface area contributed by atoms with Crippen molar-refractivity contribution in [2.24, 2.45) is 5.92 Å². The molecule has 0 unspecified atom stereocenters. The molecule has 0 aliphatic heterocycles. The molecule has 0 radical (unpaired) electrons. The molecule has 0 spiro atoms. The SMILES string of the molecule is O=C(O)c1ncccc1C(=O)C1CCCCC1. The number of carboxylic acid groups (broad SMARTS) is 1. The molecule has 1 fully saturated rings. The first-order valence-electron chi connectivity index (χ1n) is 5.92. The van der Waals surface area contributed by atoms with Crippen molar-refractivity contribution >= 4 is 11.8 Å². The van der Waals surface area contributed by atoms with Crippen LogP contribution in [0.5, 0.6) is 0 Å². The summed E-state index contributed by atoms with van der Waals surface area (Å²) in [6.45, 7) is 0. The maximum atomic E-state index is 12.2. The number of hydrogen-bond acceptors (Lipinski definition) is 3. The minimum Gasteiger partial charge on any atom is -0.476 e. The van der Waals surface area contributed by atoms with Gasteiger partial charge in [0.05, 0.1) is 5.56 Å². The first-order valence-corrected chi connectivity index (χ1v) is 5.92. The molecule has 0 bridgehead atoms. The summed E-state index contributed by atoms with van der Waals surface area (Å²) in [7, 11) is 0. The molecule has 1 aliphatic carbocycles. The second-order valence-electron chi connectivity index (χ2n) is 4.40. The minimum absolute atomic E-state index is 0.0222. The summed E-state index contributed by atoms with van der Waals surface area (Å²) in [5.74, 6) is -1.22. The van der Waals surface area contributed by atoms with E-state index < -0.39 is 5.97 Å². The van der Waals surface area contributed by atoms with Crippen LogP contribution in [0.4, 0.5) is 0 Å². The highest BCUT2D eigenvalue weighted by Gasteiger charge is 2.26. The average molecular weight is 233 g/mol. The maximum Gasteiger partial charge on any atom is 0.355 e. The molecule has 0 saturated heterocycles. The number of carboxylic acids is 1. The summed E-state index contributed by atoms with van der Waals surface area (Å²) in [4.78, 5) is 27.0. The molecule has 0 aromatic carbocycles. The lowest BCUT2D eigenvalue weighted by atomic mass is 9.83. The van der Waals surface area contributed by atoms with Gasteiger partial charge in [-0.3, -0.25) is 4.79 Å². The summed E-state index contributed by atoms with van der Waals surface area (Å²) in [6.07, 6.45) is 6.42. The lowest BCUT2D eigenvalue weighted by Crippen LogP contribution is -2.21. The van der Waals surface area contributed by atoms with Crippen LogP contribution in [0, 0.1) is 5.92 Å². The van der Waals surface area contributed by atoms with E-state index in [-0.39, 0.29) is 23.0 Å². The van der Waals surface area contributed by atoms with Crippen molar-refractivity contribution in [3.8, 4) is 0 Å². The quantitative estimate of drug-likeness (QED) is 0.814. The summed E-state index contributed by atoms with van der Waals surface area (Å²) in [5, 5.41) is 9.00. The molecule has 1 saturated carbocycles. The fourth-order valence-electron chi connectivity index (χ4n) is 2.36. The number of ketones is 1. The Balaban J connectivity index is 2.26. The fraction of sp³-hybridized carbons (Fsp3) is 0.462. The van der Waals surface area contributed by atoms with Gasteiger partial charge in [-0.15, -0.1) is 0 Å². The number of aromatic nitrogens is 1. The van der Waals surface area contributed by atoms with E-state index in [2.05, 4.69) is 4.98 Å². The van der Waals surface area contributed by atoms with Crippen LogP contribution in [0.2, 0.25) is 0 Å². The van der Waals surface area contributed by atoms with Gasteiger partial charge in [0.1, 0.15) is 0 Å². The Bertz CT molecular complexity index is 436. The van der Waals surface area contributed by atoms with Crippen molar-refractivity contribution in [1.82, 2.24) is 4.98 Å². The molecule has 1 aromatic heterocycles. The van der Waals surface area contributed by atoms with E-state index in [9.17, 15) is 9.59 Å². The predicted molar refractivity (Wildman–Crippen MR) is 62.1 cm³/mol. The molecule has 90 valence electrons. The lowest BCUT2D eigenvalue weighted by Gasteiger charge is -2.20. The molecule has 0 atom stereocenters. The number of nitrogens with zero attached hydrogens (tertiary/aromatic N) is 1. The van der Waals surface area contributed by atoms with Crippen molar-refractivity contribution in [3.05, 3.63) is 29.6 Å². The standard InChI is InChI=1S/C13H15NO3/c15-12(9-5-2-1-3-6-9)10-7-4-8-14-11(10)13(16)17/h4,7-9H,1-3,5-6H2,(H,16,17). The Kier molecular flexibility index (Phi) is 3.52. The third kappa shape index (κ3) is 2.52. The highest BCUT2D eigenvalue weighted by Crippen LogP contribution is 2.27. The van der Waals surface area contributed by atoms with Crippen molar-refractivity contribution in [1.29, 1.82) is 0 Å². The molecule has 4 nitrogen and oxygen atoms in total. The van der Waals surface area contributed by atoms with E-state index >= 15 is 0 Å². The average Bonchev–Trinajstić information content (AvgIpc) is 2.39. The highest BCUT2D eigenvalue weighted by atomic mass is 16.4. The van der Waals surface area contributed by atoms with Gasteiger partial charge in [0, 0.05) is 12.1 Å². The van der Waals surface area contributed by atoms with Gasteiger partial charge in [-0.1, -0.05) is 19.3 Å². The van der Waals surface area contributed by atoms with E-state index in [1.54, 1.807) is 12.1 Å². The first kappa shape index (κ1) is 11.8. The first-order chi connectivity index (χ1) is 8.20. The van der Waals surface area contributed by atoms with Crippen LogP contribution in [-0.2, 0) is 0 Å². The predicted octanol–water partition coefficient (Wildman–Crippen LogP) is 2.54. The van der Waals surface area contributed by atoms with E-state index in [0.29, 0.717) is 0 Å². The van der Waals surface area contributed by atoms with Crippen LogP contribution >= 0.6 is 0 Å². The second kappa shape index (κ2) is 5.08. The monoisotopic (exact) mass is 233 g/mol. The molecular weight excluding hydrogens is 218 g/mol. The van der Waals surface area contributed by atoms with Crippen LogP contribution < -0.4 is 0 Å².